The molecule has 1 rings (SSSR count). The number of halogens is 2. The molecule has 0 saturated carbocycles. The molecule has 1 aromatic rings. The van der Waals surface area contributed by atoms with Crippen molar-refractivity contribution in [2.24, 2.45) is 0 Å². The van der Waals surface area contributed by atoms with Crippen LogP contribution in [0.15, 0.2) is 18.2 Å². The molecule has 0 radical (unpaired) electrons. The standard InChI is InChI=1S/C10H10ClFN2O4/c11-5-1-2-6(12)7(3-5)13-10(18)14-8(4-15)9(16)17/h1-3,8,15H,4H2,(H,16,17)(H2,13,14,18)/t8-/m1/s1. The molecule has 0 saturated heterocycles. The number of benzene rings is 1. The van der Waals surface area contributed by atoms with Gasteiger partial charge in [0, 0.05) is 5.02 Å². The van der Waals surface area contributed by atoms with Crippen molar-refractivity contribution >= 4 is 29.3 Å². The fourth-order valence-corrected chi connectivity index (χ4v) is 1.27. The fraction of sp³-hybridized carbons (Fsp3) is 0.200. The molecule has 6 nitrogen and oxygen atoms in total. The van der Waals surface area contributed by atoms with Gasteiger partial charge in [-0.1, -0.05) is 11.6 Å². The van der Waals surface area contributed by atoms with Gasteiger partial charge in [-0.3, -0.25) is 0 Å². The predicted octanol–water partition coefficient (Wildman–Crippen LogP) is 1.05. The van der Waals surface area contributed by atoms with E-state index in [0.717, 1.165) is 6.07 Å². The minimum atomic E-state index is -1.47. The van der Waals surface area contributed by atoms with Crippen LogP contribution in [0.3, 0.4) is 0 Å². The molecule has 0 aliphatic heterocycles. The molecule has 8 heteroatoms. The first-order chi connectivity index (χ1) is 8.43. The molecule has 1 atom stereocenters. The maximum atomic E-state index is 13.2. The molecule has 1 aromatic carbocycles. The molecule has 18 heavy (non-hydrogen) atoms. The first-order valence-electron chi connectivity index (χ1n) is 4.80. The zero-order valence-electron chi connectivity index (χ0n) is 8.98. The first-order valence-corrected chi connectivity index (χ1v) is 5.18. The number of carbonyl (C=O) groups is 2. The van der Waals surface area contributed by atoms with E-state index in [1.165, 1.54) is 12.1 Å². The van der Waals surface area contributed by atoms with Gasteiger partial charge in [0.2, 0.25) is 0 Å². The van der Waals surface area contributed by atoms with E-state index >= 15 is 0 Å². The number of carboxylic acids is 1. The molecule has 0 aromatic heterocycles. The molecule has 0 fully saturated rings. The third kappa shape index (κ3) is 3.86. The molecular weight excluding hydrogens is 267 g/mol. The lowest BCUT2D eigenvalue weighted by atomic mass is 10.3. The summed E-state index contributed by atoms with van der Waals surface area (Å²) in [5, 5.41) is 21.5. The Labute approximate surface area is 106 Å². The van der Waals surface area contributed by atoms with Crippen LogP contribution in [-0.2, 0) is 4.79 Å². The Kier molecular flexibility index (Phi) is 4.87. The lowest BCUT2D eigenvalue weighted by molar-refractivity contribution is -0.140. The SMILES string of the molecule is O=C(Nc1cc(Cl)ccc1F)N[C@H](CO)C(=O)O. The van der Waals surface area contributed by atoms with Crippen molar-refractivity contribution < 1.29 is 24.2 Å². The van der Waals surface area contributed by atoms with E-state index in [4.69, 9.17) is 21.8 Å². The van der Waals surface area contributed by atoms with Crippen LogP contribution in [0.5, 0.6) is 0 Å². The lowest BCUT2D eigenvalue weighted by Gasteiger charge is -2.13. The van der Waals surface area contributed by atoms with Crippen molar-refractivity contribution in [1.82, 2.24) is 5.32 Å². The van der Waals surface area contributed by atoms with Gasteiger partial charge >= 0.3 is 12.0 Å². The van der Waals surface area contributed by atoms with Gasteiger partial charge in [-0.15, -0.1) is 0 Å². The van der Waals surface area contributed by atoms with Gasteiger partial charge < -0.3 is 20.8 Å². The topological polar surface area (TPSA) is 98.7 Å². The average Bonchev–Trinajstić information content (AvgIpc) is 2.30. The normalized spacial score (nSPS) is 11.7. The first kappa shape index (κ1) is 14.2. The second-order valence-corrected chi connectivity index (χ2v) is 3.73. The number of aliphatic hydroxyl groups is 1. The summed E-state index contributed by atoms with van der Waals surface area (Å²) in [6.07, 6.45) is 0. The van der Waals surface area contributed by atoms with Crippen LogP contribution in [0, 0.1) is 5.82 Å². The minimum absolute atomic E-state index is 0.193. The summed E-state index contributed by atoms with van der Waals surface area (Å²) >= 11 is 5.61. The summed E-state index contributed by atoms with van der Waals surface area (Å²) in [5.74, 6) is -2.12. The van der Waals surface area contributed by atoms with Gasteiger partial charge in [-0.2, -0.15) is 0 Å². The number of anilines is 1. The van der Waals surface area contributed by atoms with Crippen LogP contribution in [0.1, 0.15) is 0 Å². The highest BCUT2D eigenvalue weighted by molar-refractivity contribution is 6.30. The molecule has 2 amide bonds. The van der Waals surface area contributed by atoms with Crippen LogP contribution < -0.4 is 10.6 Å². The number of carbonyl (C=O) groups excluding carboxylic acids is 1. The molecule has 0 spiro atoms. The Morgan fingerprint density at radius 2 is 2.11 bits per heavy atom. The van der Waals surface area contributed by atoms with Gasteiger partial charge in [-0.25, -0.2) is 14.0 Å². The van der Waals surface area contributed by atoms with E-state index in [2.05, 4.69) is 5.32 Å². The second kappa shape index (κ2) is 6.18. The quantitative estimate of drug-likeness (QED) is 0.660. The van der Waals surface area contributed by atoms with Crippen LogP contribution >= 0.6 is 11.6 Å². The molecule has 0 aliphatic carbocycles. The summed E-state index contributed by atoms with van der Waals surface area (Å²) in [6.45, 7) is -0.777. The molecular formula is C10H10ClFN2O4. The maximum absolute atomic E-state index is 13.2. The van der Waals surface area contributed by atoms with Crippen LogP contribution in [0.4, 0.5) is 14.9 Å². The van der Waals surface area contributed by atoms with E-state index in [1.54, 1.807) is 0 Å². The number of hydrogen-bond donors (Lipinski definition) is 4. The number of hydrogen-bond acceptors (Lipinski definition) is 3. The zero-order chi connectivity index (χ0) is 13.7. The van der Waals surface area contributed by atoms with Crippen molar-refractivity contribution in [3.8, 4) is 0 Å². The minimum Gasteiger partial charge on any atom is -0.480 e. The van der Waals surface area contributed by atoms with E-state index in [-0.39, 0.29) is 10.7 Å². The largest absolute Gasteiger partial charge is 0.480 e. The number of amides is 2. The van der Waals surface area contributed by atoms with Gasteiger partial charge in [0.05, 0.1) is 12.3 Å². The number of nitrogens with one attached hydrogen (secondary N) is 2. The number of aliphatic carboxylic acids is 1. The van der Waals surface area contributed by atoms with E-state index in [1.807, 2.05) is 5.32 Å². The van der Waals surface area contributed by atoms with Crippen LogP contribution in [-0.4, -0.2) is 34.9 Å². The van der Waals surface area contributed by atoms with Crippen molar-refractivity contribution in [3.63, 3.8) is 0 Å². The molecule has 98 valence electrons. The van der Waals surface area contributed by atoms with E-state index in [9.17, 15) is 14.0 Å². The Bertz CT molecular complexity index is 469. The van der Waals surface area contributed by atoms with E-state index < -0.39 is 30.5 Å². The summed E-state index contributed by atoms with van der Waals surface area (Å²) < 4.78 is 13.2. The smallest absolute Gasteiger partial charge is 0.328 e. The third-order valence-corrected chi connectivity index (χ3v) is 2.20. The molecule has 0 bridgehead atoms. The van der Waals surface area contributed by atoms with Crippen LogP contribution in [0.25, 0.3) is 0 Å². The number of carboxylic acid groups (broad SMARTS) is 1. The maximum Gasteiger partial charge on any atom is 0.328 e. The molecule has 0 aliphatic rings. The highest BCUT2D eigenvalue weighted by Gasteiger charge is 2.19. The average molecular weight is 277 g/mol. The van der Waals surface area contributed by atoms with Gasteiger partial charge in [0.25, 0.3) is 0 Å². The molecule has 4 N–H and O–H groups in total. The fourth-order valence-electron chi connectivity index (χ4n) is 1.10. The Hall–Kier alpha value is -1.86. The third-order valence-electron chi connectivity index (χ3n) is 1.96. The van der Waals surface area contributed by atoms with Crippen molar-refractivity contribution in [1.29, 1.82) is 0 Å². The predicted molar refractivity (Wildman–Crippen MR) is 62.1 cm³/mol. The van der Waals surface area contributed by atoms with Gasteiger partial charge in [-0.05, 0) is 18.2 Å². The lowest BCUT2D eigenvalue weighted by Crippen LogP contribution is -2.45. The Morgan fingerprint density at radius 3 is 2.67 bits per heavy atom. The van der Waals surface area contributed by atoms with Crippen molar-refractivity contribution in [2.45, 2.75) is 6.04 Å². The summed E-state index contributed by atoms with van der Waals surface area (Å²) in [7, 11) is 0. The van der Waals surface area contributed by atoms with Crippen molar-refractivity contribution in [2.75, 3.05) is 11.9 Å². The monoisotopic (exact) mass is 276 g/mol. The highest BCUT2D eigenvalue weighted by Crippen LogP contribution is 2.19. The summed E-state index contributed by atoms with van der Waals surface area (Å²) in [4.78, 5) is 21.9. The summed E-state index contributed by atoms with van der Waals surface area (Å²) in [5.41, 5.74) is -0.193. The Morgan fingerprint density at radius 1 is 1.44 bits per heavy atom. The number of urea groups is 1. The number of rotatable bonds is 4. The van der Waals surface area contributed by atoms with Gasteiger partial charge in [0.1, 0.15) is 5.82 Å². The number of aliphatic hydroxyl groups excluding tert-OH is 1. The zero-order valence-corrected chi connectivity index (χ0v) is 9.74. The second-order valence-electron chi connectivity index (χ2n) is 3.30. The van der Waals surface area contributed by atoms with Crippen molar-refractivity contribution in [3.05, 3.63) is 29.0 Å². The Balaban J connectivity index is 2.70. The highest BCUT2D eigenvalue weighted by atomic mass is 35.5. The molecule has 0 heterocycles. The van der Waals surface area contributed by atoms with Gasteiger partial charge in [0.15, 0.2) is 6.04 Å². The van der Waals surface area contributed by atoms with E-state index in [0.29, 0.717) is 0 Å². The molecule has 0 unspecified atom stereocenters. The summed E-state index contributed by atoms with van der Waals surface area (Å²) in [6, 6.07) is 1.10. The van der Waals surface area contributed by atoms with Crippen LogP contribution in [0.2, 0.25) is 5.02 Å².